The van der Waals surface area contributed by atoms with Crippen LogP contribution < -0.4 is 0 Å². The summed E-state index contributed by atoms with van der Waals surface area (Å²) >= 11 is 4.27. The van der Waals surface area contributed by atoms with Gasteiger partial charge >= 0.3 is 0 Å². The van der Waals surface area contributed by atoms with Gasteiger partial charge in [-0.1, -0.05) is 53.3 Å². The van der Waals surface area contributed by atoms with Gasteiger partial charge < -0.3 is 0 Å². The molecule has 0 fully saturated rings. The predicted molar refractivity (Wildman–Crippen MR) is 78.7 cm³/mol. The van der Waals surface area contributed by atoms with Gasteiger partial charge in [-0.3, -0.25) is 0 Å². The van der Waals surface area contributed by atoms with E-state index >= 15 is 0 Å². The van der Waals surface area contributed by atoms with Gasteiger partial charge in [0, 0.05) is 10.6 Å². The lowest BCUT2D eigenvalue weighted by Gasteiger charge is -2.10. The Bertz CT molecular complexity index is 306. The Labute approximate surface area is 111 Å². The van der Waals surface area contributed by atoms with Crippen LogP contribution in [0.15, 0.2) is 44.9 Å². The van der Waals surface area contributed by atoms with Crippen LogP contribution in [0.4, 0.5) is 0 Å². The summed E-state index contributed by atoms with van der Waals surface area (Å²) in [6.45, 7) is 4.52. The summed E-state index contributed by atoms with van der Waals surface area (Å²) in [5.74, 6) is 1.95. The molecule has 0 aliphatic carbocycles. The molecule has 0 amide bonds. The maximum atomic E-state index is 2.32. The molecule has 1 aromatic rings. The number of allylic oxidation sites excluding steroid dienone is 1. The van der Waals surface area contributed by atoms with Crippen LogP contribution in [0.25, 0.3) is 0 Å². The summed E-state index contributed by atoms with van der Waals surface area (Å²) in [4.78, 5) is 1.38. The number of halogens is 1. The van der Waals surface area contributed by atoms with Gasteiger partial charge in [-0.2, -0.15) is 0 Å². The maximum absolute atomic E-state index is 2.32. The summed E-state index contributed by atoms with van der Waals surface area (Å²) in [6, 6.07) is 10.6. The van der Waals surface area contributed by atoms with Crippen molar-refractivity contribution in [3.05, 3.63) is 40.0 Å². The Hall–Kier alpha value is 0.0400. The average Bonchev–Trinajstić information content (AvgIpc) is 2.27. The van der Waals surface area contributed by atoms with E-state index in [0.29, 0.717) is 0 Å². The SMILES string of the molecule is C/C(=C\I)CC(C)CSc1ccccc1. The highest BCUT2D eigenvalue weighted by Crippen LogP contribution is 2.23. The first-order chi connectivity index (χ1) is 7.22. The van der Waals surface area contributed by atoms with Crippen molar-refractivity contribution >= 4 is 34.4 Å². The monoisotopic (exact) mass is 332 g/mol. The van der Waals surface area contributed by atoms with Gasteiger partial charge in [0.1, 0.15) is 0 Å². The van der Waals surface area contributed by atoms with E-state index in [4.69, 9.17) is 0 Å². The van der Waals surface area contributed by atoms with Crippen LogP contribution in [0.5, 0.6) is 0 Å². The topological polar surface area (TPSA) is 0 Å². The van der Waals surface area contributed by atoms with Crippen molar-refractivity contribution in [3.63, 3.8) is 0 Å². The van der Waals surface area contributed by atoms with Crippen LogP contribution >= 0.6 is 34.4 Å². The summed E-state index contributed by atoms with van der Waals surface area (Å²) in [5.41, 5.74) is 1.48. The fourth-order valence-corrected chi connectivity index (χ4v) is 2.61. The second-order valence-corrected chi connectivity index (χ2v) is 5.61. The predicted octanol–water partition coefficient (Wildman–Crippen LogP) is 5.14. The van der Waals surface area contributed by atoms with Crippen LogP contribution in [0.2, 0.25) is 0 Å². The minimum Gasteiger partial charge on any atom is -0.126 e. The molecule has 15 heavy (non-hydrogen) atoms. The van der Waals surface area contributed by atoms with Crippen LogP contribution in [-0.4, -0.2) is 5.75 Å². The first-order valence-corrected chi connectivity index (χ1v) is 7.39. The van der Waals surface area contributed by atoms with E-state index in [1.165, 1.54) is 22.6 Å². The van der Waals surface area contributed by atoms with E-state index in [-0.39, 0.29) is 0 Å². The average molecular weight is 332 g/mol. The molecular weight excluding hydrogens is 315 g/mol. The third-order valence-electron chi connectivity index (χ3n) is 2.13. The van der Waals surface area contributed by atoms with Crippen molar-refractivity contribution in [3.8, 4) is 0 Å². The molecule has 0 saturated carbocycles. The zero-order chi connectivity index (χ0) is 11.1. The molecule has 2 heteroatoms. The van der Waals surface area contributed by atoms with E-state index in [0.717, 1.165) is 5.92 Å². The molecule has 0 bridgehead atoms. The van der Waals surface area contributed by atoms with E-state index < -0.39 is 0 Å². The molecule has 0 radical (unpaired) electrons. The zero-order valence-electron chi connectivity index (χ0n) is 9.24. The summed E-state index contributed by atoms with van der Waals surface area (Å²) in [6.07, 6.45) is 1.21. The van der Waals surface area contributed by atoms with Gasteiger partial charge in [0.05, 0.1) is 0 Å². The number of rotatable bonds is 5. The molecule has 1 unspecified atom stereocenters. The van der Waals surface area contributed by atoms with E-state index in [9.17, 15) is 0 Å². The number of benzene rings is 1. The van der Waals surface area contributed by atoms with Gasteiger partial charge in [-0.25, -0.2) is 0 Å². The van der Waals surface area contributed by atoms with Crippen LogP contribution in [0, 0.1) is 5.92 Å². The highest BCUT2D eigenvalue weighted by Gasteiger charge is 2.03. The number of thioether (sulfide) groups is 1. The minimum absolute atomic E-state index is 0.751. The van der Waals surface area contributed by atoms with Crippen molar-refractivity contribution in [2.75, 3.05) is 5.75 Å². The van der Waals surface area contributed by atoms with E-state index in [1.807, 2.05) is 11.8 Å². The molecule has 0 spiro atoms. The lowest BCUT2D eigenvalue weighted by Crippen LogP contribution is -1.98. The Morgan fingerprint density at radius 3 is 2.67 bits per heavy atom. The van der Waals surface area contributed by atoms with Crippen molar-refractivity contribution in [2.45, 2.75) is 25.2 Å². The molecule has 0 nitrogen and oxygen atoms in total. The number of hydrogen-bond acceptors (Lipinski definition) is 1. The van der Waals surface area contributed by atoms with Crippen molar-refractivity contribution < 1.29 is 0 Å². The van der Waals surface area contributed by atoms with Crippen molar-refractivity contribution in [1.29, 1.82) is 0 Å². The van der Waals surface area contributed by atoms with Gasteiger partial charge in [0.25, 0.3) is 0 Å². The normalized spacial score (nSPS) is 13.9. The van der Waals surface area contributed by atoms with Gasteiger partial charge in [0.2, 0.25) is 0 Å². The molecule has 0 aliphatic heterocycles. The fraction of sp³-hybridized carbons (Fsp3) is 0.385. The first-order valence-electron chi connectivity index (χ1n) is 5.16. The quantitative estimate of drug-likeness (QED) is 0.531. The highest BCUT2D eigenvalue weighted by molar-refractivity contribution is 14.1. The second kappa shape index (κ2) is 7.34. The molecule has 1 atom stereocenters. The largest absolute Gasteiger partial charge is 0.126 e. The Kier molecular flexibility index (Phi) is 6.41. The summed E-state index contributed by atoms with van der Waals surface area (Å²) in [7, 11) is 0. The van der Waals surface area contributed by atoms with Gasteiger partial charge in [-0.05, 0) is 35.5 Å². The van der Waals surface area contributed by atoms with E-state index in [2.05, 4.69) is 70.9 Å². The third-order valence-corrected chi connectivity index (χ3v) is 4.54. The number of hydrogen-bond donors (Lipinski definition) is 0. The maximum Gasteiger partial charge on any atom is 0.00720 e. The summed E-state index contributed by atoms with van der Waals surface area (Å²) in [5, 5.41) is 0. The molecule has 0 saturated heterocycles. The molecule has 0 heterocycles. The van der Waals surface area contributed by atoms with Crippen molar-refractivity contribution in [2.24, 2.45) is 5.92 Å². The molecular formula is C13H17IS. The minimum atomic E-state index is 0.751. The van der Waals surface area contributed by atoms with Crippen molar-refractivity contribution in [1.82, 2.24) is 0 Å². The molecule has 82 valence electrons. The summed E-state index contributed by atoms with van der Waals surface area (Å²) < 4.78 is 2.18. The lowest BCUT2D eigenvalue weighted by atomic mass is 10.1. The first kappa shape index (κ1) is 13.1. The molecule has 0 N–H and O–H groups in total. The Morgan fingerprint density at radius 2 is 2.07 bits per heavy atom. The Balaban J connectivity index is 2.31. The van der Waals surface area contributed by atoms with Gasteiger partial charge in [-0.15, -0.1) is 11.8 Å². The molecule has 0 aromatic heterocycles. The van der Waals surface area contributed by atoms with Crippen LogP contribution in [-0.2, 0) is 0 Å². The fourth-order valence-electron chi connectivity index (χ4n) is 1.41. The molecule has 0 aliphatic rings. The van der Waals surface area contributed by atoms with Crippen LogP contribution in [0.3, 0.4) is 0 Å². The smallest absolute Gasteiger partial charge is 0.00720 e. The Morgan fingerprint density at radius 1 is 1.40 bits per heavy atom. The molecule has 1 rings (SSSR count). The van der Waals surface area contributed by atoms with Crippen LogP contribution in [0.1, 0.15) is 20.3 Å². The third kappa shape index (κ3) is 5.61. The van der Waals surface area contributed by atoms with E-state index in [1.54, 1.807) is 0 Å². The molecule has 1 aromatic carbocycles. The highest BCUT2D eigenvalue weighted by atomic mass is 127. The second-order valence-electron chi connectivity index (χ2n) is 3.89. The zero-order valence-corrected chi connectivity index (χ0v) is 12.2. The van der Waals surface area contributed by atoms with Gasteiger partial charge in [0.15, 0.2) is 0 Å². The standard InChI is InChI=1S/C13H17IS/c1-11(9-14)8-12(2)10-15-13-6-4-3-5-7-13/h3-7,9,12H,8,10H2,1-2H3/b11-9+. The lowest BCUT2D eigenvalue weighted by molar-refractivity contribution is 0.654.